The molecular formula is C31H25F3N6O2. The lowest BCUT2D eigenvalue weighted by molar-refractivity contribution is 0.354. The fraction of sp³-hybridized carbons (Fsp3) is 0.258. The van der Waals surface area contributed by atoms with Crippen molar-refractivity contribution in [3.8, 4) is 22.5 Å². The van der Waals surface area contributed by atoms with Gasteiger partial charge in [-0.25, -0.2) is 23.1 Å². The number of nitrogens with one attached hydrogen (secondary N) is 4. The predicted octanol–water partition coefficient (Wildman–Crippen LogP) is 5.76. The van der Waals surface area contributed by atoms with Gasteiger partial charge in [-0.1, -0.05) is 12.1 Å². The van der Waals surface area contributed by atoms with Gasteiger partial charge in [-0.05, 0) is 35.7 Å². The van der Waals surface area contributed by atoms with Crippen LogP contribution in [-0.4, -0.2) is 45.4 Å². The summed E-state index contributed by atoms with van der Waals surface area (Å²) in [6.45, 7) is 0.586. The maximum atomic E-state index is 15.7. The molecule has 212 valence electrons. The number of halogens is 3. The molecule has 2 aliphatic heterocycles. The van der Waals surface area contributed by atoms with Crippen molar-refractivity contribution in [2.24, 2.45) is 0 Å². The van der Waals surface area contributed by atoms with Crippen molar-refractivity contribution in [1.29, 1.82) is 0 Å². The van der Waals surface area contributed by atoms with Crippen LogP contribution in [0.15, 0.2) is 64.1 Å². The van der Waals surface area contributed by atoms with E-state index in [1.54, 1.807) is 54.9 Å². The van der Waals surface area contributed by atoms with Gasteiger partial charge >= 0.3 is 0 Å². The average Bonchev–Trinajstić information content (AvgIpc) is 3.81. The van der Waals surface area contributed by atoms with Gasteiger partial charge in [-0.2, -0.15) is 0 Å². The van der Waals surface area contributed by atoms with Crippen LogP contribution >= 0.6 is 0 Å². The van der Waals surface area contributed by atoms with Crippen molar-refractivity contribution in [3.63, 3.8) is 0 Å². The number of rotatable bonds is 4. The minimum Gasteiger partial charge on any atom is -0.453 e. The highest BCUT2D eigenvalue weighted by molar-refractivity contribution is 6.01. The van der Waals surface area contributed by atoms with Gasteiger partial charge in [0.2, 0.25) is 5.43 Å². The predicted molar refractivity (Wildman–Crippen MR) is 153 cm³/mol. The first-order valence-corrected chi connectivity index (χ1v) is 13.9. The molecule has 0 unspecified atom stereocenters. The summed E-state index contributed by atoms with van der Waals surface area (Å²) >= 11 is 0. The van der Waals surface area contributed by atoms with Crippen LogP contribution in [0.4, 0.5) is 13.2 Å². The number of hydrogen-bond acceptors (Lipinski definition) is 6. The number of H-pyrrole nitrogens is 2. The molecule has 0 amide bonds. The summed E-state index contributed by atoms with van der Waals surface area (Å²) in [6.07, 6.45) is 2.21. The highest BCUT2D eigenvalue weighted by atomic mass is 19.1. The molecule has 0 spiro atoms. The Kier molecular flexibility index (Phi) is 5.73. The van der Waals surface area contributed by atoms with E-state index >= 15 is 4.39 Å². The van der Waals surface area contributed by atoms with Gasteiger partial charge in [-0.15, -0.1) is 0 Å². The Labute approximate surface area is 236 Å². The van der Waals surface area contributed by atoms with Gasteiger partial charge in [0, 0.05) is 42.4 Å². The van der Waals surface area contributed by atoms with Crippen LogP contribution in [0.3, 0.4) is 0 Å². The van der Waals surface area contributed by atoms with Crippen molar-refractivity contribution in [3.05, 3.63) is 82.5 Å². The Morgan fingerprint density at radius 3 is 2.00 bits per heavy atom. The SMILES string of the molecule is O=c1c2cc(-c3cnc([C@@H]4C[C@@H](F)CN4)[nH]3)ccc2oc2c(F)c3ccc(-c4cnc([C@@H]5C[C@@H](F)CN5)[nH]4)cc3cc12. The number of benzene rings is 3. The summed E-state index contributed by atoms with van der Waals surface area (Å²) in [5.41, 5.74) is 2.66. The molecule has 5 heterocycles. The molecule has 4 N–H and O–H groups in total. The van der Waals surface area contributed by atoms with Crippen LogP contribution < -0.4 is 16.1 Å². The van der Waals surface area contributed by atoms with E-state index in [1.165, 1.54) is 0 Å². The quantitative estimate of drug-likeness (QED) is 0.201. The third-order valence-corrected chi connectivity index (χ3v) is 8.34. The molecule has 0 saturated carbocycles. The summed E-state index contributed by atoms with van der Waals surface area (Å²) in [4.78, 5) is 29.0. The minimum atomic E-state index is -0.911. The fourth-order valence-electron chi connectivity index (χ4n) is 6.12. The Hall–Kier alpha value is -4.48. The zero-order valence-corrected chi connectivity index (χ0v) is 22.2. The smallest absolute Gasteiger partial charge is 0.200 e. The number of aromatic amines is 2. The van der Waals surface area contributed by atoms with Gasteiger partial charge in [-0.3, -0.25) is 4.79 Å². The zero-order chi connectivity index (χ0) is 28.5. The zero-order valence-electron chi connectivity index (χ0n) is 22.2. The van der Waals surface area contributed by atoms with Gasteiger partial charge in [0.1, 0.15) is 29.6 Å². The number of aromatic nitrogens is 4. The lowest BCUT2D eigenvalue weighted by Gasteiger charge is -2.09. The molecule has 2 saturated heterocycles. The van der Waals surface area contributed by atoms with E-state index in [9.17, 15) is 13.6 Å². The van der Waals surface area contributed by atoms with Crippen LogP contribution in [0.25, 0.3) is 55.2 Å². The van der Waals surface area contributed by atoms with Gasteiger partial charge in [0.05, 0.1) is 46.6 Å². The van der Waals surface area contributed by atoms with E-state index in [0.29, 0.717) is 70.7 Å². The molecule has 3 aromatic carbocycles. The summed E-state index contributed by atoms with van der Waals surface area (Å²) in [5.74, 6) is 0.670. The summed E-state index contributed by atoms with van der Waals surface area (Å²) in [7, 11) is 0. The molecule has 0 radical (unpaired) electrons. The standard InChI is InChI=1S/C31H25F3N6O2/c32-17-8-22(35-10-17)30-37-12-24(39-30)14-1-3-19-16(5-14)7-21-28(41)20-6-15(2-4-26(20)42-29(21)27(19)34)25-13-38-31(40-25)23-9-18(33)11-36-23/h1-7,12-13,17-18,22-23,35-36H,8-11H2,(H,37,39)(H,38,40)/t17-,18-,22+,23+/m1/s1. The Morgan fingerprint density at radius 2 is 1.38 bits per heavy atom. The third kappa shape index (κ3) is 4.11. The van der Waals surface area contributed by atoms with E-state index in [2.05, 4.69) is 30.6 Å². The van der Waals surface area contributed by atoms with Crippen molar-refractivity contribution < 1.29 is 17.6 Å². The lowest BCUT2D eigenvalue weighted by atomic mass is 10.0. The van der Waals surface area contributed by atoms with E-state index in [0.717, 1.165) is 5.56 Å². The fourth-order valence-corrected chi connectivity index (χ4v) is 6.12. The maximum Gasteiger partial charge on any atom is 0.200 e. The molecule has 2 aliphatic rings. The van der Waals surface area contributed by atoms with Crippen molar-refractivity contribution in [2.45, 2.75) is 37.3 Å². The van der Waals surface area contributed by atoms with Crippen LogP contribution in [-0.2, 0) is 0 Å². The number of nitrogens with zero attached hydrogens (tertiary/aromatic N) is 2. The topological polar surface area (TPSA) is 112 Å². The van der Waals surface area contributed by atoms with Crippen molar-refractivity contribution >= 4 is 32.7 Å². The molecule has 4 atom stereocenters. The van der Waals surface area contributed by atoms with Gasteiger partial charge in [0.15, 0.2) is 11.4 Å². The Morgan fingerprint density at radius 1 is 0.762 bits per heavy atom. The molecule has 0 aliphatic carbocycles. The summed E-state index contributed by atoms with van der Waals surface area (Å²) in [5, 5.41) is 7.51. The lowest BCUT2D eigenvalue weighted by Crippen LogP contribution is -2.14. The van der Waals surface area contributed by atoms with E-state index < -0.39 is 18.2 Å². The van der Waals surface area contributed by atoms with E-state index in [4.69, 9.17) is 4.42 Å². The summed E-state index contributed by atoms with van der Waals surface area (Å²) < 4.78 is 49.0. The first kappa shape index (κ1) is 25.2. The van der Waals surface area contributed by atoms with Crippen LogP contribution in [0.2, 0.25) is 0 Å². The highest BCUT2D eigenvalue weighted by Gasteiger charge is 2.28. The molecule has 42 heavy (non-hydrogen) atoms. The highest BCUT2D eigenvalue weighted by Crippen LogP contribution is 2.33. The molecule has 6 aromatic rings. The first-order valence-electron chi connectivity index (χ1n) is 13.9. The largest absolute Gasteiger partial charge is 0.453 e. The normalized spacial score (nSPS) is 22.6. The average molecular weight is 571 g/mol. The molecule has 11 heteroatoms. The van der Waals surface area contributed by atoms with Crippen molar-refractivity contribution in [2.75, 3.05) is 13.1 Å². The monoisotopic (exact) mass is 570 g/mol. The minimum absolute atomic E-state index is 0.102. The molecule has 8 nitrogen and oxygen atoms in total. The second-order valence-corrected chi connectivity index (χ2v) is 11.1. The van der Waals surface area contributed by atoms with Crippen LogP contribution in [0.5, 0.6) is 0 Å². The molecule has 8 rings (SSSR count). The molecule has 0 bridgehead atoms. The maximum absolute atomic E-state index is 15.7. The molecule has 2 fully saturated rings. The molecular weight excluding hydrogens is 545 g/mol. The van der Waals surface area contributed by atoms with Gasteiger partial charge in [0.25, 0.3) is 0 Å². The second-order valence-electron chi connectivity index (χ2n) is 11.1. The van der Waals surface area contributed by atoms with E-state index in [-0.39, 0.29) is 34.1 Å². The number of hydrogen-bond donors (Lipinski definition) is 4. The Bertz CT molecular complexity index is 2070. The number of fused-ring (bicyclic) bond motifs is 3. The number of alkyl halides is 2. The van der Waals surface area contributed by atoms with Gasteiger partial charge < -0.3 is 25.0 Å². The van der Waals surface area contributed by atoms with Crippen LogP contribution in [0.1, 0.15) is 36.6 Å². The second kappa shape index (κ2) is 9.53. The first-order chi connectivity index (χ1) is 20.4. The number of imidazole rings is 2. The van der Waals surface area contributed by atoms with Crippen molar-refractivity contribution in [1.82, 2.24) is 30.6 Å². The Balaban J connectivity index is 1.19. The van der Waals surface area contributed by atoms with E-state index in [1.807, 2.05) is 0 Å². The molecule has 3 aromatic heterocycles. The van der Waals surface area contributed by atoms with Crippen LogP contribution in [0, 0.1) is 5.82 Å². The summed E-state index contributed by atoms with van der Waals surface area (Å²) in [6, 6.07) is 11.6. The third-order valence-electron chi connectivity index (χ3n) is 8.34.